The summed E-state index contributed by atoms with van der Waals surface area (Å²) in [5.74, 6) is 0.603. The molecule has 0 saturated carbocycles. The Bertz CT molecular complexity index is 1280. The van der Waals surface area contributed by atoms with Gasteiger partial charge in [-0.15, -0.1) is 0 Å². The van der Waals surface area contributed by atoms with E-state index < -0.39 is 9.84 Å². The van der Waals surface area contributed by atoms with Crippen molar-refractivity contribution in [3.05, 3.63) is 89.0 Å². The first kappa shape index (κ1) is 22.1. The summed E-state index contributed by atoms with van der Waals surface area (Å²) in [6.07, 6.45) is 4.93. The van der Waals surface area contributed by atoms with Gasteiger partial charge in [-0.1, -0.05) is 41.9 Å². The maximum Gasteiger partial charge on any atom is 0.244 e. The molecule has 1 N–H and O–H groups in total. The summed E-state index contributed by atoms with van der Waals surface area (Å²) in [4.78, 5) is 12.4. The highest BCUT2D eigenvalue weighted by Crippen LogP contribution is 2.33. The second-order valence-electron chi connectivity index (χ2n) is 7.70. The first-order chi connectivity index (χ1) is 15.3. The van der Waals surface area contributed by atoms with Crippen LogP contribution in [0.4, 0.5) is 0 Å². The molecule has 1 aliphatic rings. The van der Waals surface area contributed by atoms with Crippen LogP contribution in [0.2, 0.25) is 5.02 Å². The summed E-state index contributed by atoms with van der Waals surface area (Å²) in [7, 11) is -3.22. The van der Waals surface area contributed by atoms with Gasteiger partial charge in [-0.2, -0.15) is 0 Å². The predicted molar refractivity (Wildman–Crippen MR) is 127 cm³/mol. The van der Waals surface area contributed by atoms with Gasteiger partial charge in [0.15, 0.2) is 9.84 Å². The highest BCUT2D eigenvalue weighted by atomic mass is 35.5. The quantitative estimate of drug-likeness (QED) is 0.540. The van der Waals surface area contributed by atoms with Crippen LogP contribution in [0.3, 0.4) is 0 Å². The fourth-order valence-electron chi connectivity index (χ4n) is 3.56. The van der Waals surface area contributed by atoms with Crippen LogP contribution in [0.5, 0.6) is 5.75 Å². The molecule has 0 saturated heterocycles. The molecule has 3 aromatic carbocycles. The summed E-state index contributed by atoms with van der Waals surface area (Å²) in [5.41, 5.74) is 3.84. The average molecular weight is 468 g/mol. The number of rotatable bonds is 6. The van der Waals surface area contributed by atoms with E-state index in [2.05, 4.69) is 5.32 Å². The summed E-state index contributed by atoms with van der Waals surface area (Å²) in [5, 5.41) is 3.49. The lowest BCUT2D eigenvalue weighted by molar-refractivity contribution is -0.116. The van der Waals surface area contributed by atoms with E-state index in [-0.39, 0.29) is 12.0 Å². The summed E-state index contributed by atoms with van der Waals surface area (Å²) in [6, 6.07) is 20.0. The smallest absolute Gasteiger partial charge is 0.244 e. The Morgan fingerprint density at radius 1 is 1.09 bits per heavy atom. The van der Waals surface area contributed by atoms with Gasteiger partial charge in [0.25, 0.3) is 0 Å². The number of nitrogens with one attached hydrogen (secondary N) is 1. The minimum absolute atomic E-state index is 0.142. The minimum atomic E-state index is -3.22. The van der Waals surface area contributed by atoms with Crippen molar-refractivity contribution in [1.29, 1.82) is 0 Å². The highest BCUT2D eigenvalue weighted by molar-refractivity contribution is 7.90. The first-order valence-electron chi connectivity index (χ1n) is 10.1. The fourth-order valence-corrected chi connectivity index (χ4v) is 4.39. The Morgan fingerprint density at radius 3 is 2.56 bits per heavy atom. The fraction of sp³-hybridized carbons (Fsp3) is 0.160. The molecular weight excluding hydrogens is 446 g/mol. The second-order valence-corrected chi connectivity index (χ2v) is 10.1. The molecule has 1 unspecified atom stereocenters. The lowest BCUT2D eigenvalue weighted by Crippen LogP contribution is -2.33. The van der Waals surface area contributed by atoms with E-state index in [1.54, 1.807) is 42.5 Å². The molecule has 5 nitrogen and oxygen atoms in total. The number of carbonyl (C=O) groups excluding carboxylic acids is 1. The predicted octanol–water partition coefficient (Wildman–Crippen LogP) is 4.54. The minimum Gasteiger partial charge on any atom is -0.488 e. The van der Waals surface area contributed by atoms with Crippen LogP contribution in [-0.2, 0) is 21.1 Å². The molecule has 164 valence electrons. The van der Waals surface area contributed by atoms with Crippen molar-refractivity contribution in [2.45, 2.75) is 17.4 Å². The number of carbonyl (C=O) groups is 1. The number of halogens is 1. The lowest BCUT2D eigenvalue weighted by Gasteiger charge is -2.10. The van der Waals surface area contributed by atoms with Crippen molar-refractivity contribution in [3.8, 4) is 16.9 Å². The normalized spacial score (nSPS) is 15.4. The molecule has 0 bridgehead atoms. The van der Waals surface area contributed by atoms with Crippen molar-refractivity contribution < 1.29 is 17.9 Å². The Hall–Kier alpha value is -3.09. The van der Waals surface area contributed by atoms with Crippen LogP contribution in [0.15, 0.2) is 77.7 Å². The number of sulfone groups is 1. The van der Waals surface area contributed by atoms with Gasteiger partial charge in [-0.25, -0.2) is 8.42 Å². The molecule has 1 amide bonds. The number of fused-ring (bicyclic) bond motifs is 1. The topological polar surface area (TPSA) is 72.5 Å². The number of hydrogen-bond acceptors (Lipinski definition) is 4. The standard InChI is InChI=1S/C25H22ClNO4S/c1-32(29,30)23-9-6-18(7-10-23)19-8-11-24-20(14-19)15-22(31-24)16-27-25(28)12-5-17-3-2-4-21(26)13-17/h2-14,22H,15-16H2,1H3,(H,27,28)/b12-5+. The third-order valence-corrected chi connectivity index (χ3v) is 6.56. The summed E-state index contributed by atoms with van der Waals surface area (Å²) < 4.78 is 29.3. The lowest BCUT2D eigenvalue weighted by atomic mass is 10.0. The molecule has 4 rings (SSSR count). The molecule has 0 aromatic heterocycles. The van der Waals surface area contributed by atoms with E-state index in [4.69, 9.17) is 16.3 Å². The van der Waals surface area contributed by atoms with Crippen LogP contribution < -0.4 is 10.1 Å². The van der Waals surface area contributed by atoms with Crippen LogP contribution in [0, 0.1) is 0 Å². The Labute approximate surface area is 192 Å². The molecule has 1 aliphatic heterocycles. The maximum absolute atomic E-state index is 12.1. The molecule has 0 aliphatic carbocycles. The number of ether oxygens (including phenoxy) is 1. The van der Waals surface area contributed by atoms with Crippen LogP contribution in [0.25, 0.3) is 17.2 Å². The molecular formula is C25H22ClNO4S. The third-order valence-electron chi connectivity index (χ3n) is 5.20. The van der Waals surface area contributed by atoms with Crippen molar-refractivity contribution in [2.75, 3.05) is 12.8 Å². The van der Waals surface area contributed by atoms with Gasteiger partial charge in [-0.05, 0) is 64.7 Å². The average Bonchev–Trinajstić information content (AvgIpc) is 3.18. The zero-order valence-electron chi connectivity index (χ0n) is 17.4. The molecule has 0 spiro atoms. The maximum atomic E-state index is 12.1. The van der Waals surface area contributed by atoms with E-state index in [0.29, 0.717) is 22.9 Å². The highest BCUT2D eigenvalue weighted by Gasteiger charge is 2.23. The Morgan fingerprint density at radius 2 is 1.84 bits per heavy atom. The second kappa shape index (κ2) is 9.18. The Kier molecular flexibility index (Phi) is 6.35. The number of amides is 1. The molecule has 7 heteroatoms. The van der Waals surface area contributed by atoms with Gasteiger partial charge in [0.1, 0.15) is 11.9 Å². The third kappa shape index (κ3) is 5.39. The SMILES string of the molecule is CS(=O)(=O)c1ccc(-c2ccc3c(c2)CC(CNC(=O)/C=C/c2cccc(Cl)c2)O3)cc1. The number of benzene rings is 3. The zero-order valence-corrected chi connectivity index (χ0v) is 19.0. The van der Waals surface area contributed by atoms with E-state index >= 15 is 0 Å². The van der Waals surface area contributed by atoms with Gasteiger partial charge in [0.05, 0.1) is 11.4 Å². The van der Waals surface area contributed by atoms with Gasteiger partial charge in [0, 0.05) is 23.8 Å². The summed E-state index contributed by atoms with van der Waals surface area (Å²) in [6.45, 7) is 0.395. The van der Waals surface area contributed by atoms with Crippen molar-refractivity contribution in [2.24, 2.45) is 0 Å². The van der Waals surface area contributed by atoms with Gasteiger partial charge in [-0.3, -0.25) is 4.79 Å². The van der Waals surface area contributed by atoms with Crippen molar-refractivity contribution in [1.82, 2.24) is 5.32 Å². The summed E-state index contributed by atoms with van der Waals surface area (Å²) >= 11 is 5.95. The first-order valence-corrected chi connectivity index (χ1v) is 12.4. The molecule has 3 aromatic rings. The number of hydrogen-bond donors (Lipinski definition) is 1. The largest absolute Gasteiger partial charge is 0.488 e. The van der Waals surface area contributed by atoms with Gasteiger partial charge in [0.2, 0.25) is 5.91 Å². The molecule has 32 heavy (non-hydrogen) atoms. The molecule has 0 radical (unpaired) electrons. The monoisotopic (exact) mass is 467 g/mol. The van der Waals surface area contributed by atoms with Crippen LogP contribution in [-0.4, -0.2) is 33.2 Å². The van der Waals surface area contributed by atoms with Gasteiger partial charge >= 0.3 is 0 Å². The van der Waals surface area contributed by atoms with E-state index in [9.17, 15) is 13.2 Å². The van der Waals surface area contributed by atoms with E-state index in [0.717, 1.165) is 28.0 Å². The zero-order chi connectivity index (χ0) is 22.7. The molecule has 1 atom stereocenters. The van der Waals surface area contributed by atoms with Crippen molar-refractivity contribution >= 4 is 33.4 Å². The Balaban J connectivity index is 1.35. The van der Waals surface area contributed by atoms with Gasteiger partial charge < -0.3 is 10.1 Å². The molecule has 1 heterocycles. The van der Waals surface area contributed by atoms with E-state index in [1.807, 2.05) is 30.3 Å². The van der Waals surface area contributed by atoms with Crippen molar-refractivity contribution in [3.63, 3.8) is 0 Å². The van der Waals surface area contributed by atoms with Crippen LogP contribution >= 0.6 is 11.6 Å². The van der Waals surface area contributed by atoms with E-state index in [1.165, 1.54) is 12.3 Å². The molecule has 0 fully saturated rings. The van der Waals surface area contributed by atoms with Crippen LogP contribution in [0.1, 0.15) is 11.1 Å².